The Morgan fingerprint density at radius 1 is 0.923 bits per heavy atom. The van der Waals surface area contributed by atoms with Gasteiger partial charge in [0.2, 0.25) is 0 Å². The Bertz CT molecular complexity index is 107. The maximum atomic E-state index is 9.57. The molecule has 0 heterocycles. The molecule has 0 N–H and O–H groups in total. The predicted octanol–water partition coefficient (Wildman–Crippen LogP) is -0.250. The van der Waals surface area contributed by atoms with Crippen molar-refractivity contribution in [3.05, 3.63) is 0 Å². The van der Waals surface area contributed by atoms with Crippen LogP contribution in [0.4, 0.5) is 0 Å². The van der Waals surface area contributed by atoms with Crippen LogP contribution >= 0.6 is 0 Å². The van der Waals surface area contributed by atoms with Crippen molar-refractivity contribution in [3.63, 3.8) is 0 Å². The van der Waals surface area contributed by atoms with E-state index in [1.165, 1.54) is 6.47 Å². The van der Waals surface area contributed by atoms with Crippen molar-refractivity contribution in [1.82, 2.24) is 0 Å². The standard InChI is InChI=1S/C8H15O5/c1-10-2-3-11-4-5-12-6-7-13-8-9/h2-7H2,1H3. The molecule has 0 aromatic heterocycles. The highest BCUT2D eigenvalue weighted by Gasteiger charge is 1.90. The van der Waals surface area contributed by atoms with Crippen molar-refractivity contribution in [2.24, 2.45) is 0 Å². The van der Waals surface area contributed by atoms with E-state index < -0.39 is 0 Å². The fraction of sp³-hybridized carbons (Fsp3) is 0.875. The number of methoxy groups -OCH3 is 1. The third-order valence-corrected chi connectivity index (χ3v) is 1.19. The molecule has 0 spiro atoms. The summed E-state index contributed by atoms with van der Waals surface area (Å²) in [6, 6.07) is 0. The molecule has 0 aromatic carbocycles. The summed E-state index contributed by atoms with van der Waals surface area (Å²) in [4.78, 5) is 9.57. The molecule has 0 aliphatic carbocycles. The molecule has 77 valence electrons. The minimum Gasteiger partial charge on any atom is -0.455 e. The predicted molar refractivity (Wildman–Crippen MR) is 45.2 cm³/mol. The minimum absolute atomic E-state index is 0.238. The Balaban J connectivity index is 2.79. The van der Waals surface area contributed by atoms with Crippen molar-refractivity contribution >= 4 is 6.47 Å². The van der Waals surface area contributed by atoms with E-state index in [9.17, 15) is 4.79 Å². The molecule has 0 saturated carbocycles. The van der Waals surface area contributed by atoms with E-state index >= 15 is 0 Å². The van der Waals surface area contributed by atoms with E-state index in [0.29, 0.717) is 33.0 Å². The van der Waals surface area contributed by atoms with E-state index in [-0.39, 0.29) is 6.61 Å². The van der Waals surface area contributed by atoms with Crippen molar-refractivity contribution in [1.29, 1.82) is 0 Å². The highest BCUT2D eigenvalue weighted by molar-refractivity contribution is 5.37. The van der Waals surface area contributed by atoms with Gasteiger partial charge < -0.3 is 18.9 Å². The third-order valence-electron chi connectivity index (χ3n) is 1.19. The second kappa shape index (κ2) is 11.4. The molecule has 0 bridgehead atoms. The van der Waals surface area contributed by atoms with Crippen LogP contribution in [0.25, 0.3) is 0 Å². The van der Waals surface area contributed by atoms with E-state index in [1.54, 1.807) is 7.11 Å². The molecule has 5 heteroatoms. The number of hydrogen-bond donors (Lipinski definition) is 0. The Morgan fingerprint density at radius 2 is 1.46 bits per heavy atom. The van der Waals surface area contributed by atoms with Gasteiger partial charge in [-0.15, -0.1) is 0 Å². The van der Waals surface area contributed by atoms with Crippen LogP contribution in [0.3, 0.4) is 0 Å². The number of rotatable bonds is 10. The van der Waals surface area contributed by atoms with Gasteiger partial charge in [0.05, 0.1) is 33.0 Å². The topological polar surface area (TPSA) is 54.0 Å². The van der Waals surface area contributed by atoms with E-state index in [4.69, 9.17) is 14.2 Å². The maximum absolute atomic E-state index is 9.57. The van der Waals surface area contributed by atoms with Gasteiger partial charge in [-0.2, -0.15) is 0 Å². The van der Waals surface area contributed by atoms with Gasteiger partial charge in [-0.05, 0) is 0 Å². The summed E-state index contributed by atoms with van der Waals surface area (Å²) in [5.74, 6) is 0. The fourth-order valence-corrected chi connectivity index (χ4v) is 0.606. The zero-order valence-corrected chi connectivity index (χ0v) is 7.78. The zero-order chi connectivity index (χ0) is 9.78. The fourth-order valence-electron chi connectivity index (χ4n) is 0.606. The summed E-state index contributed by atoms with van der Waals surface area (Å²) in [5.41, 5.74) is 0. The lowest BCUT2D eigenvalue weighted by Gasteiger charge is -2.04. The van der Waals surface area contributed by atoms with Gasteiger partial charge in [-0.1, -0.05) is 0 Å². The lowest BCUT2D eigenvalue weighted by atomic mass is 10.7. The first-order chi connectivity index (χ1) is 6.41. The molecule has 0 fully saturated rings. The Hall–Kier alpha value is -0.650. The Morgan fingerprint density at radius 3 is 2.00 bits per heavy atom. The van der Waals surface area contributed by atoms with Gasteiger partial charge in [-0.25, -0.2) is 4.79 Å². The lowest BCUT2D eigenvalue weighted by Crippen LogP contribution is -2.10. The van der Waals surface area contributed by atoms with Crippen LogP contribution in [-0.2, 0) is 23.7 Å². The monoisotopic (exact) mass is 191 g/mol. The number of carbonyl (C=O) groups excluding carboxylic acids is 1. The SMILES string of the molecule is COCCOCCOCCO[C]=O. The molecule has 0 rings (SSSR count). The smallest absolute Gasteiger partial charge is 0.417 e. The first-order valence-electron chi connectivity index (χ1n) is 4.05. The van der Waals surface area contributed by atoms with Crippen LogP contribution in [-0.4, -0.2) is 53.2 Å². The molecule has 0 atom stereocenters. The van der Waals surface area contributed by atoms with Crippen molar-refractivity contribution < 1.29 is 23.7 Å². The molecule has 0 saturated heterocycles. The second-order valence-corrected chi connectivity index (χ2v) is 2.15. The van der Waals surface area contributed by atoms with Crippen molar-refractivity contribution in [2.45, 2.75) is 0 Å². The third kappa shape index (κ3) is 11.3. The van der Waals surface area contributed by atoms with Gasteiger partial charge in [0.15, 0.2) is 0 Å². The quantitative estimate of drug-likeness (QED) is 0.446. The largest absolute Gasteiger partial charge is 0.455 e. The maximum Gasteiger partial charge on any atom is 0.417 e. The van der Waals surface area contributed by atoms with Crippen LogP contribution in [0.15, 0.2) is 0 Å². The second-order valence-electron chi connectivity index (χ2n) is 2.15. The molecule has 0 unspecified atom stereocenters. The average Bonchev–Trinajstić information content (AvgIpc) is 2.16. The molecule has 5 nitrogen and oxygen atoms in total. The summed E-state index contributed by atoms with van der Waals surface area (Å²) in [7, 11) is 1.62. The number of ether oxygens (including phenoxy) is 4. The molecule has 0 aliphatic heterocycles. The molecule has 0 amide bonds. The van der Waals surface area contributed by atoms with Crippen molar-refractivity contribution in [3.8, 4) is 0 Å². The van der Waals surface area contributed by atoms with Crippen LogP contribution in [0.1, 0.15) is 0 Å². The lowest BCUT2D eigenvalue weighted by molar-refractivity contribution is 0.0168. The van der Waals surface area contributed by atoms with Gasteiger partial charge in [0, 0.05) is 7.11 Å². The molecular formula is C8H15O5. The van der Waals surface area contributed by atoms with Crippen LogP contribution in [0.2, 0.25) is 0 Å². The van der Waals surface area contributed by atoms with Gasteiger partial charge in [0.25, 0.3) is 0 Å². The minimum atomic E-state index is 0.238. The first-order valence-corrected chi connectivity index (χ1v) is 4.05. The van der Waals surface area contributed by atoms with Crippen LogP contribution in [0.5, 0.6) is 0 Å². The molecule has 1 radical (unpaired) electrons. The highest BCUT2D eigenvalue weighted by atomic mass is 16.6. The summed E-state index contributed by atoms with van der Waals surface area (Å²) in [6.07, 6.45) is 0. The summed E-state index contributed by atoms with van der Waals surface area (Å²) < 4.78 is 19.2. The zero-order valence-electron chi connectivity index (χ0n) is 7.78. The molecular weight excluding hydrogens is 176 g/mol. The first kappa shape index (κ1) is 12.3. The normalized spacial score (nSPS) is 9.92. The van der Waals surface area contributed by atoms with E-state index in [2.05, 4.69) is 4.74 Å². The molecule has 0 aliphatic rings. The molecule has 0 aromatic rings. The summed E-state index contributed by atoms with van der Waals surface area (Å²) >= 11 is 0. The Labute approximate surface area is 77.9 Å². The Kier molecular flexibility index (Phi) is 10.8. The van der Waals surface area contributed by atoms with Gasteiger partial charge in [0.1, 0.15) is 6.61 Å². The van der Waals surface area contributed by atoms with E-state index in [0.717, 1.165) is 0 Å². The molecule has 13 heavy (non-hydrogen) atoms. The van der Waals surface area contributed by atoms with Gasteiger partial charge in [-0.3, -0.25) is 0 Å². The average molecular weight is 191 g/mol. The highest BCUT2D eigenvalue weighted by Crippen LogP contribution is 1.80. The summed E-state index contributed by atoms with van der Waals surface area (Å²) in [6.45, 7) is 4.09. The van der Waals surface area contributed by atoms with Crippen LogP contribution < -0.4 is 0 Å². The summed E-state index contributed by atoms with van der Waals surface area (Å²) in [5, 5.41) is 0. The van der Waals surface area contributed by atoms with Crippen LogP contribution in [0, 0.1) is 0 Å². The van der Waals surface area contributed by atoms with E-state index in [1.807, 2.05) is 0 Å². The van der Waals surface area contributed by atoms with Crippen molar-refractivity contribution in [2.75, 3.05) is 46.8 Å². The number of hydrogen-bond acceptors (Lipinski definition) is 5. The van der Waals surface area contributed by atoms with Gasteiger partial charge >= 0.3 is 6.47 Å².